The van der Waals surface area contributed by atoms with Gasteiger partial charge in [-0.3, -0.25) is 9.59 Å². The Balaban J connectivity index is 1.90. The smallest absolute Gasteiger partial charge is 0.226 e. The van der Waals surface area contributed by atoms with Crippen LogP contribution in [0.3, 0.4) is 0 Å². The van der Waals surface area contributed by atoms with E-state index in [1.165, 1.54) is 18.2 Å². The van der Waals surface area contributed by atoms with Crippen molar-refractivity contribution >= 4 is 17.9 Å². The molecule has 2 rings (SSSR count). The van der Waals surface area contributed by atoms with Gasteiger partial charge in [-0.25, -0.2) is 4.39 Å². The summed E-state index contributed by atoms with van der Waals surface area (Å²) in [7, 11) is 0. The number of amides is 1. The summed E-state index contributed by atoms with van der Waals surface area (Å²) < 4.78 is 14.6. The number of carbonyl (C=O) groups excluding carboxylic acids is 2. The zero-order valence-corrected chi connectivity index (χ0v) is 10.2. The zero-order valence-electron chi connectivity index (χ0n) is 10.2. The van der Waals surface area contributed by atoms with Crippen LogP contribution in [0, 0.1) is 5.82 Å². The van der Waals surface area contributed by atoms with Gasteiger partial charge in [0.15, 0.2) is 6.29 Å². The first-order valence-corrected chi connectivity index (χ1v) is 5.85. The fourth-order valence-corrected chi connectivity index (χ4v) is 1.75. The average molecular weight is 260 g/mol. The van der Waals surface area contributed by atoms with Crippen molar-refractivity contribution in [3.63, 3.8) is 0 Å². The highest BCUT2D eigenvalue weighted by Crippen LogP contribution is 2.09. The van der Waals surface area contributed by atoms with Crippen molar-refractivity contribution in [1.82, 2.24) is 4.57 Å². The highest BCUT2D eigenvalue weighted by Gasteiger charge is 2.05. The third-order valence-electron chi connectivity index (χ3n) is 2.67. The van der Waals surface area contributed by atoms with Crippen LogP contribution in [0.15, 0.2) is 42.6 Å². The Labute approximate surface area is 109 Å². The Morgan fingerprint density at radius 2 is 2.16 bits per heavy atom. The van der Waals surface area contributed by atoms with Gasteiger partial charge in [0.05, 0.1) is 5.69 Å². The number of aromatic nitrogens is 1. The van der Waals surface area contributed by atoms with Crippen LogP contribution in [-0.2, 0) is 11.3 Å². The Bertz CT molecular complexity index is 593. The zero-order chi connectivity index (χ0) is 13.7. The van der Waals surface area contributed by atoms with Gasteiger partial charge in [0.2, 0.25) is 5.91 Å². The van der Waals surface area contributed by atoms with Gasteiger partial charge >= 0.3 is 0 Å². The van der Waals surface area contributed by atoms with Crippen molar-refractivity contribution in [3.8, 4) is 0 Å². The predicted octanol–water partition coefficient (Wildman–Crippen LogP) is 2.47. The van der Waals surface area contributed by atoms with E-state index in [0.29, 0.717) is 17.9 Å². The Kier molecular flexibility index (Phi) is 4.07. The fraction of sp³-hybridized carbons (Fsp3) is 0.143. The molecule has 0 unspecified atom stereocenters. The molecule has 0 radical (unpaired) electrons. The second-order valence-corrected chi connectivity index (χ2v) is 4.05. The van der Waals surface area contributed by atoms with Crippen LogP contribution in [-0.4, -0.2) is 16.8 Å². The van der Waals surface area contributed by atoms with E-state index in [9.17, 15) is 14.0 Å². The summed E-state index contributed by atoms with van der Waals surface area (Å²) in [4.78, 5) is 22.4. The summed E-state index contributed by atoms with van der Waals surface area (Å²) in [5, 5.41) is 2.60. The van der Waals surface area contributed by atoms with E-state index in [1.807, 2.05) is 0 Å². The molecule has 1 N–H and O–H groups in total. The van der Waals surface area contributed by atoms with E-state index < -0.39 is 5.82 Å². The van der Waals surface area contributed by atoms with Gasteiger partial charge in [0.25, 0.3) is 0 Å². The Hall–Kier alpha value is -2.43. The second-order valence-electron chi connectivity index (χ2n) is 4.05. The number of hydrogen-bond donors (Lipinski definition) is 1. The molecule has 0 fully saturated rings. The largest absolute Gasteiger partial charge is 0.345 e. The maximum atomic E-state index is 12.9. The molecule has 1 heterocycles. The normalized spacial score (nSPS) is 10.2. The van der Waals surface area contributed by atoms with Gasteiger partial charge in [-0.1, -0.05) is 6.07 Å². The maximum absolute atomic E-state index is 12.9. The minimum absolute atomic E-state index is 0.214. The maximum Gasteiger partial charge on any atom is 0.226 e. The van der Waals surface area contributed by atoms with Crippen LogP contribution in [0.4, 0.5) is 10.1 Å². The number of carbonyl (C=O) groups is 2. The van der Waals surface area contributed by atoms with Gasteiger partial charge in [-0.05, 0) is 30.3 Å². The van der Waals surface area contributed by atoms with E-state index in [4.69, 9.17) is 0 Å². The molecule has 98 valence electrons. The Morgan fingerprint density at radius 1 is 1.32 bits per heavy atom. The summed E-state index contributed by atoms with van der Waals surface area (Å²) in [6, 6.07) is 9.14. The predicted molar refractivity (Wildman–Crippen MR) is 69.5 cm³/mol. The molecule has 0 atom stereocenters. The molecule has 5 heteroatoms. The Morgan fingerprint density at radius 3 is 2.89 bits per heavy atom. The average Bonchev–Trinajstić information content (AvgIpc) is 2.83. The van der Waals surface area contributed by atoms with Gasteiger partial charge in [-0.2, -0.15) is 0 Å². The molecule has 0 saturated carbocycles. The monoisotopic (exact) mass is 260 g/mol. The van der Waals surface area contributed by atoms with Gasteiger partial charge in [0, 0.05) is 24.8 Å². The van der Waals surface area contributed by atoms with Crippen LogP contribution < -0.4 is 5.32 Å². The minimum atomic E-state index is -0.397. The molecular weight excluding hydrogens is 247 g/mol. The molecule has 0 aliphatic heterocycles. The lowest BCUT2D eigenvalue weighted by Gasteiger charge is -2.07. The van der Waals surface area contributed by atoms with Crippen molar-refractivity contribution in [1.29, 1.82) is 0 Å². The molecule has 4 nitrogen and oxygen atoms in total. The van der Waals surface area contributed by atoms with E-state index >= 15 is 0 Å². The van der Waals surface area contributed by atoms with E-state index in [0.717, 1.165) is 6.29 Å². The summed E-state index contributed by atoms with van der Waals surface area (Å²) in [6.45, 7) is 0.405. The minimum Gasteiger partial charge on any atom is -0.345 e. The molecule has 0 bridgehead atoms. The van der Waals surface area contributed by atoms with Gasteiger partial charge in [-0.15, -0.1) is 0 Å². The van der Waals surface area contributed by atoms with Crippen molar-refractivity contribution in [2.45, 2.75) is 13.0 Å². The van der Waals surface area contributed by atoms with Crippen LogP contribution in [0.25, 0.3) is 0 Å². The van der Waals surface area contributed by atoms with Crippen LogP contribution >= 0.6 is 0 Å². The first-order valence-electron chi connectivity index (χ1n) is 5.85. The van der Waals surface area contributed by atoms with Gasteiger partial charge < -0.3 is 9.88 Å². The highest BCUT2D eigenvalue weighted by atomic mass is 19.1. The lowest BCUT2D eigenvalue weighted by atomic mass is 10.3. The fourth-order valence-electron chi connectivity index (χ4n) is 1.75. The number of halogens is 1. The number of anilines is 1. The molecule has 2 aromatic rings. The third-order valence-corrected chi connectivity index (χ3v) is 2.67. The van der Waals surface area contributed by atoms with Crippen LogP contribution in [0.5, 0.6) is 0 Å². The number of nitrogens with zero attached hydrogens (tertiary/aromatic N) is 1. The number of rotatable bonds is 5. The SMILES string of the molecule is O=Cc1cccn1CCC(=O)Nc1cccc(F)c1. The summed E-state index contributed by atoms with van der Waals surface area (Å²) in [5.74, 6) is -0.623. The highest BCUT2D eigenvalue weighted by molar-refractivity contribution is 5.90. The van der Waals surface area contributed by atoms with Gasteiger partial charge in [0.1, 0.15) is 5.82 Å². The molecule has 1 aromatic carbocycles. The van der Waals surface area contributed by atoms with Crippen molar-refractivity contribution in [2.75, 3.05) is 5.32 Å². The lowest BCUT2D eigenvalue weighted by molar-refractivity contribution is -0.116. The molecular formula is C14H13FN2O2. The molecule has 1 aromatic heterocycles. The second kappa shape index (κ2) is 5.95. The summed E-state index contributed by atoms with van der Waals surface area (Å²) in [6.07, 6.45) is 2.69. The number of aldehydes is 1. The standard InChI is InChI=1S/C14H13FN2O2/c15-11-3-1-4-12(9-11)16-14(19)6-8-17-7-2-5-13(17)10-18/h1-5,7,9-10H,6,8H2,(H,16,19). The van der Waals surface area contributed by atoms with E-state index in [1.54, 1.807) is 29.0 Å². The quantitative estimate of drug-likeness (QED) is 0.839. The molecule has 0 saturated heterocycles. The number of benzene rings is 1. The first-order chi connectivity index (χ1) is 9.19. The van der Waals surface area contributed by atoms with Crippen molar-refractivity contribution in [3.05, 3.63) is 54.1 Å². The number of aryl methyl sites for hydroxylation is 1. The molecule has 19 heavy (non-hydrogen) atoms. The van der Waals surface area contributed by atoms with E-state index in [2.05, 4.69) is 5.32 Å². The van der Waals surface area contributed by atoms with Crippen molar-refractivity contribution in [2.24, 2.45) is 0 Å². The number of hydrogen-bond acceptors (Lipinski definition) is 2. The topological polar surface area (TPSA) is 51.1 Å². The summed E-state index contributed by atoms with van der Waals surface area (Å²) >= 11 is 0. The third kappa shape index (κ3) is 3.51. The lowest BCUT2D eigenvalue weighted by Crippen LogP contribution is -2.15. The molecule has 0 aliphatic rings. The number of nitrogens with one attached hydrogen (secondary N) is 1. The van der Waals surface area contributed by atoms with Crippen LogP contribution in [0.1, 0.15) is 16.9 Å². The molecule has 1 amide bonds. The molecule has 0 spiro atoms. The first kappa shape index (κ1) is 13.0. The van der Waals surface area contributed by atoms with Crippen molar-refractivity contribution < 1.29 is 14.0 Å². The molecule has 0 aliphatic carbocycles. The van der Waals surface area contributed by atoms with E-state index in [-0.39, 0.29) is 12.3 Å². The summed E-state index contributed by atoms with van der Waals surface area (Å²) in [5.41, 5.74) is 0.951. The van der Waals surface area contributed by atoms with Crippen LogP contribution in [0.2, 0.25) is 0 Å².